The van der Waals surface area contributed by atoms with Crippen molar-refractivity contribution < 1.29 is 14.0 Å². The number of primary amides is 1. The van der Waals surface area contributed by atoms with Crippen LogP contribution in [0.3, 0.4) is 0 Å². The van der Waals surface area contributed by atoms with Gasteiger partial charge < -0.3 is 26.9 Å². The number of aldehydes is 1. The number of rotatable bonds is 8. The van der Waals surface area contributed by atoms with Gasteiger partial charge in [0.15, 0.2) is 11.6 Å². The molecular formula is C19H19FN6O2. The molecule has 1 aromatic carbocycles. The topological polar surface area (TPSA) is 136 Å². The molecule has 3 aromatic rings. The fourth-order valence-electron chi connectivity index (χ4n) is 2.69. The predicted octanol–water partition coefficient (Wildman–Crippen LogP) is 1.94. The molecule has 8 nitrogen and oxygen atoms in total. The third kappa shape index (κ3) is 4.21. The number of halogens is 1. The third-order valence-electron chi connectivity index (χ3n) is 4.11. The minimum absolute atomic E-state index is 0.0847. The summed E-state index contributed by atoms with van der Waals surface area (Å²) in [7, 11) is 0. The van der Waals surface area contributed by atoms with Crippen molar-refractivity contribution in [3.8, 4) is 0 Å². The van der Waals surface area contributed by atoms with E-state index >= 15 is 0 Å². The Bertz CT molecular complexity index is 1030. The third-order valence-corrected chi connectivity index (χ3v) is 4.11. The summed E-state index contributed by atoms with van der Waals surface area (Å²) >= 11 is 0. The number of amides is 1. The van der Waals surface area contributed by atoms with Crippen molar-refractivity contribution in [1.82, 2.24) is 9.97 Å². The number of anilines is 3. The second-order valence-corrected chi connectivity index (χ2v) is 6.09. The minimum Gasteiger partial charge on any atom is -0.365 e. The van der Waals surface area contributed by atoms with Crippen LogP contribution < -0.4 is 22.1 Å². The molecular weight excluding hydrogens is 363 g/mol. The van der Waals surface area contributed by atoms with Crippen molar-refractivity contribution in [2.24, 2.45) is 11.5 Å². The molecule has 0 bridgehead atoms. The maximum atomic E-state index is 14.4. The molecule has 0 aliphatic rings. The fourth-order valence-corrected chi connectivity index (χ4v) is 2.69. The van der Waals surface area contributed by atoms with Gasteiger partial charge in [0.25, 0.3) is 5.91 Å². The standard InChI is InChI=1S/C19H19FN6O2/c20-15-9-14(17(22)28)18(26-19(15)25-13(10-21)5-7-27)24-12-3-4-16-11(8-12)2-1-6-23-16/h1-4,6-9,13H,5,10,21H2,(H2,22,28)(H2,24,25,26)/t13-/m1/s1. The molecule has 1 atom stereocenters. The smallest absolute Gasteiger partial charge is 0.252 e. The number of hydrogen-bond donors (Lipinski definition) is 4. The van der Waals surface area contributed by atoms with E-state index < -0.39 is 17.8 Å². The van der Waals surface area contributed by atoms with Crippen LogP contribution >= 0.6 is 0 Å². The fraction of sp³-hybridized carbons (Fsp3) is 0.158. The minimum atomic E-state index is -0.828. The molecule has 0 fully saturated rings. The largest absolute Gasteiger partial charge is 0.365 e. The maximum Gasteiger partial charge on any atom is 0.252 e. The van der Waals surface area contributed by atoms with E-state index in [9.17, 15) is 14.0 Å². The molecule has 0 unspecified atom stereocenters. The number of nitrogens with two attached hydrogens (primary N) is 2. The molecule has 0 aliphatic carbocycles. The van der Waals surface area contributed by atoms with Crippen LogP contribution in [-0.2, 0) is 4.79 Å². The first-order valence-electron chi connectivity index (χ1n) is 8.54. The van der Waals surface area contributed by atoms with Crippen LogP contribution in [0.5, 0.6) is 0 Å². The molecule has 6 N–H and O–H groups in total. The zero-order chi connectivity index (χ0) is 20.1. The lowest BCUT2D eigenvalue weighted by molar-refractivity contribution is -0.108. The second kappa shape index (κ2) is 8.40. The summed E-state index contributed by atoms with van der Waals surface area (Å²) in [6.45, 7) is 0.109. The normalized spacial score (nSPS) is 11.8. The van der Waals surface area contributed by atoms with Crippen molar-refractivity contribution in [3.05, 3.63) is 54.0 Å². The van der Waals surface area contributed by atoms with E-state index in [0.717, 1.165) is 17.0 Å². The molecule has 0 radical (unpaired) electrons. The molecule has 28 heavy (non-hydrogen) atoms. The van der Waals surface area contributed by atoms with Crippen LogP contribution in [0.2, 0.25) is 0 Å². The van der Waals surface area contributed by atoms with E-state index in [1.807, 2.05) is 12.1 Å². The summed E-state index contributed by atoms with van der Waals surface area (Å²) in [5.41, 5.74) is 12.3. The van der Waals surface area contributed by atoms with Crippen LogP contribution in [0.25, 0.3) is 10.9 Å². The molecule has 3 rings (SSSR count). The van der Waals surface area contributed by atoms with E-state index in [0.29, 0.717) is 12.0 Å². The Morgan fingerprint density at radius 2 is 2.07 bits per heavy atom. The number of benzene rings is 1. The lowest BCUT2D eigenvalue weighted by Gasteiger charge is -2.17. The van der Waals surface area contributed by atoms with Crippen LogP contribution in [0.15, 0.2) is 42.6 Å². The molecule has 0 saturated carbocycles. The van der Waals surface area contributed by atoms with E-state index in [1.54, 1.807) is 24.4 Å². The summed E-state index contributed by atoms with van der Waals surface area (Å²) < 4.78 is 14.4. The zero-order valence-electron chi connectivity index (χ0n) is 14.9. The first-order valence-corrected chi connectivity index (χ1v) is 8.54. The van der Waals surface area contributed by atoms with E-state index in [1.165, 1.54) is 0 Å². The van der Waals surface area contributed by atoms with Gasteiger partial charge in [0.05, 0.1) is 11.1 Å². The summed E-state index contributed by atoms with van der Waals surface area (Å²) in [5, 5.41) is 6.64. The average Bonchev–Trinajstić information content (AvgIpc) is 2.69. The van der Waals surface area contributed by atoms with Crippen molar-refractivity contribution >= 4 is 40.4 Å². The van der Waals surface area contributed by atoms with Crippen LogP contribution in [0, 0.1) is 5.82 Å². The Morgan fingerprint density at radius 3 is 2.79 bits per heavy atom. The van der Waals surface area contributed by atoms with E-state index in [-0.39, 0.29) is 30.2 Å². The van der Waals surface area contributed by atoms with Gasteiger partial charge in [-0.05, 0) is 30.3 Å². The highest BCUT2D eigenvalue weighted by atomic mass is 19.1. The molecule has 2 aromatic heterocycles. The van der Waals surface area contributed by atoms with Gasteiger partial charge in [0.2, 0.25) is 0 Å². The van der Waals surface area contributed by atoms with Crippen molar-refractivity contribution in [2.45, 2.75) is 12.5 Å². The zero-order valence-corrected chi connectivity index (χ0v) is 14.9. The first-order chi connectivity index (χ1) is 13.5. The Hall–Kier alpha value is -3.59. The second-order valence-electron chi connectivity index (χ2n) is 6.09. The van der Waals surface area contributed by atoms with E-state index in [4.69, 9.17) is 11.5 Å². The van der Waals surface area contributed by atoms with Gasteiger partial charge in [-0.3, -0.25) is 9.78 Å². The maximum absolute atomic E-state index is 14.4. The molecule has 9 heteroatoms. The molecule has 0 aliphatic heterocycles. The molecule has 1 amide bonds. The molecule has 144 valence electrons. The number of fused-ring (bicyclic) bond motifs is 1. The van der Waals surface area contributed by atoms with Crippen LogP contribution in [0.4, 0.5) is 21.7 Å². The number of nitrogens with one attached hydrogen (secondary N) is 2. The van der Waals surface area contributed by atoms with Gasteiger partial charge in [0.1, 0.15) is 12.1 Å². The number of hydrogen-bond acceptors (Lipinski definition) is 7. The monoisotopic (exact) mass is 382 g/mol. The highest BCUT2D eigenvalue weighted by Crippen LogP contribution is 2.26. The number of aromatic nitrogens is 2. The highest BCUT2D eigenvalue weighted by molar-refractivity contribution is 5.99. The Balaban J connectivity index is 1.97. The quantitative estimate of drug-likeness (QED) is 0.437. The Morgan fingerprint density at radius 1 is 1.25 bits per heavy atom. The molecule has 2 heterocycles. The lowest BCUT2D eigenvalue weighted by atomic mass is 10.1. The van der Waals surface area contributed by atoms with Crippen LogP contribution in [0.1, 0.15) is 16.8 Å². The van der Waals surface area contributed by atoms with Gasteiger partial charge in [-0.25, -0.2) is 9.37 Å². The van der Waals surface area contributed by atoms with Crippen molar-refractivity contribution in [2.75, 3.05) is 17.2 Å². The highest BCUT2D eigenvalue weighted by Gasteiger charge is 2.18. The number of carbonyl (C=O) groups is 2. The summed E-state index contributed by atoms with van der Waals surface area (Å²) in [6.07, 6.45) is 2.46. The SMILES string of the molecule is NC[C@@H](CC=O)Nc1nc(Nc2ccc3ncccc3c2)c(C(N)=O)cc1F. The number of nitrogens with zero attached hydrogens (tertiary/aromatic N) is 2. The average molecular weight is 382 g/mol. The summed E-state index contributed by atoms with van der Waals surface area (Å²) in [6, 6.07) is 9.58. The lowest BCUT2D eigenvalue weighted by Crippen LogP contribution is -2.30. The number of carbonyl (C=O) groups excluding carboxylic acids is 2. The van der Waals surface area contributed by atoms with Gasteiger partial charge in [-0.2, -0.15) is 0 Å². The Kier molecular flexibility index (Phi) is 5.75. The van der Waals surface area contributed by atoms with Gasteiger partial charge in [-0.1, -0.05) is 6.07 Å². The molecule has 0 saturated heterocycles. The van der Waals surface area contributed by atoms with Gasteiger partial charge in [-0.15, -0.1) is 0 Å². The Labute approximate surface area is 160 Å². The van der Waals surface area contributed by atoms with Crippen molar-refractivity contribution in [3.63, 3.8) is 0 Å². The predicted molar refractivity (Wildman–Crippen MR) is 105 cm³/mol. The summed E-state index contributed by atoms with van der Waals surface area (Å²) in [4.78, 5) is 30.9. The summed E-state index contributed by atoms with van der Waals surface area (Å²) in [5.74, 6) is -1.65. The van der Waals surface area contributed by atoms with Gasteiger partial charge >= 0.3 is 0 Å². The molecule has 0 spiro atoms. The number of pyridine rings is 2. The van der Waals surface area contributed by atoms with Crippen molar-refractivity contribution in [1.29, 1.82) is 0 Å². The van der Waals surface area contributed by atoms with Crippen LogP contribution in [-0.4, -0.2) is 34.7 Å². The van der Waals surface area contributed by atoms with E-state index in [2.05, 4.69) is 20.6 Å². The first kappa shape index (κ1) is 19.2. The van der Waals surface area contributed by atoms with Gasteiger partial charge in [0, 0.05) is 36.3 Å².